The van der Waals surface area contributed by atoms with Crippen LogP contribution in [-0.2, 0) is 24.1 Å². The summed E-state index contributed by atoms with van der Waals surface area (Å²) in [5, 5.41) is 25.7. The van der Waals surface area contributed by atoms with E-state index in [1.54, 1.807) is 11.3 Å². The quantitative estimate of drug-likeness (QED) is 0.532. The molecule has 0 spiro atoms. The molecule has 9 heteroatoms. The summed E-state index contributed by atoms with van der Waals surface area (Å²) in [5.74, 6) is -0.0661. The second kappa shape index (κ2) is 9.52. The summed E-state index contributed by atoms with van der Waals surface area (Å²) < 4.78 is 0. The molecule has 0 saturated carbocycles. The van der Waals surface area contributed by atoms with Crippen molar-refractivity contribution in [1.29, 1.82) is 0 Å². The zero-order chi connectivity index (χ0) is 19.1. The van der Waals surface area contributed by atoms with Gasteiger partial charge in [0, 0.05) is 19.9 Å². The third kappa shape index (κ3) is 5.80. The zero-order valence-electron chi connectivity index (χ0n) is 15.4. The number of aromatic nitrogens is 4. The van der Waals surface area contributed by atoms with Crippen LogP contribution < -0.4 is 10.6 Å². The van der Waals surface area contributed by atoms with E-state index in [1.165, 1.54) is 11.3 Å². The Morgan fingerprint density at radius 1 is 0.963 bits per heavy atom. The lowest BCUT2D eigenvalue weighted by atomic mass is 10.1. The van der Waals surface area contributed by atoms with Crippen molar-refractivity contribution < 1.29 is 4.79 Å². The number of amides is 1. The molecule has 0 radical (unpaired) electrons. The number of hydrogen-bond donors (Lipinski definition) is 2. The highest BCUT2D eigenvalue weighted by Crippen LogP contribution is 2.20. The number of nitrogens with zero attached hydrogens (tertiary/aromatic N) is 4. The van der Waals surface area contributed by atoms with E-state index >= 15 is 0 Å². The number of carbonyl (C=O) groups is 1. The summed E-state index contributed by atoms with van der Waals surface area (Å²) in [4.78, 5) is 12.2. The number of anilines is 2. The van der Waals surface area contributed by atoms with Gasteiger partial charge in [-0.2, -0.15) is 0 Å². The average molecular weight is 403 g/mol. The second-order valence-corrected chi connectivity index (χ2v) is 8.23. The third-order valence-electron chi connectivity index (χ3n) is 4.04. The molecule has 0 saturated heterocycles. The number of rotatable bonds is 9. The fraction of sp³-hybridized carbons (Fsp3) is 0.389. The Bertz CT molecular complexity index is 891. The molecule has 0 atom stereocenters. The van der Waals surface area contributed by atoms with Crippen LogP contribution in [0.3, 0.4) is 0 Å². The Kier molecular flexibility index (Phi) is 6.83. The molecule has 0 bridgehead atoms. The fourth-order valence-electron chi connectivity index (χ4n) is 2.56. The number of benzene rings is 1. The summed E-state index contributed by atoms with van der Waals surface area (Å²) >= 11 is 3.03. The maximum atomic E-state index is 12.2. The molecule has 0 aliphatic rings. The standard InChI is InChI=1S/C18H22N6OS2/c1-12-7-3-4-8-13(12)11-14(25)20-18-24-22-16(27-18)10-6-5-9-15-21-23-17(19-2)26-15/h3-4,7-8H,5-6,9-11H2,1-2H3,(H,19,23)(H,20,24,25). The molecule has 1 aromatic carbocycles. The minimum Gasteiger partial charge on any atom is -0.363 e. The van der Waals surface area contributed by atoms with Crippen molar-refractivity contribution in [3.05, 3.63) is 45.4 Å². The highest BCUT2D eigenvalue weighted by atomic mass is 32.1. The molecule has 0 aliphatic carbocycles. The minimum atomic E-state index is -0.0661. The van der Waals surface area contributed by atoms with Crippen LogP contribution in [0.1, 0.15) is 34.0 Å². The molecule has 3 aromatic rings. The highest BCUT2D eigenvalue weighted by Gasteiger charge is 2.10. The lowest BCUT2D eigenvalue weighted by molar-refractivity contribution is -0.115. The summed E-state index contributed by atoms with van der Waals surface area (Å²) in [6, 6.07) is 7.89. The van der Waals surface area contributed by atoms with Crippen molar-refractivity contribution in [1.82, 2.24) is 20.4 Å². The molecule has 27 heavy (non-hydrogen) atoms. The Labute approximate surface area is 166 Å². The van der Waals surface area contributed by atoms with Gasteiger partial charge in [-0.15, -0.1) is 20.4 Å². The van der Waals surface area contributed by atoms with Gasteiger partial charge in [0.25, 0.3) is 0 Å². The van der Waals surface area contributed by atoms with Gasteiger partial charge in [-0.3, -0.25) is 4.79 Å². The molecule has 7 nitrogen and oxygen atoms in total. The van der Waals surface area contributed by atoms with E-state index < -0.39 is 0 Å². The smallest absolute Gasteiger partial charge is 0.230 e. The number of hydrogen-bond acceptors (Lipinski definition) is 8. The number of aryl methyl sites for hydroxylation is 3. The molecule has 142 valence electrons. The molecule has 2 heterocycles. The van der Waals surface area contributed by atoms with Crippen molar-refractivity contribution in [3.63, 3.8) is 0 Å². The minimum absolute atomic E-state index is 0.0661. The lowest BCUT2D eigenvalue weighted by Gasteiger charge is -2.04. The number of unbranched alkanes of at least 4 members (excludes halogenated alkanes) is 1. The third-order valence-corrected chi connectivity index (χ3v) is 5.94. The first-order chi connectivity index (χ1) is 13.1. The van der Waals surface area contributed by atoms with Crippen molar-refractivity contribution in [2.45, 2.75) is 39.0 Å². The summed E-state index contributed by atoms with van der Waals surface area (Å²) in [6.45, 7) is 2.01. The molecule has 2 aromatic heterocycles. The molecule has 2 N–H and O–H groups in total. The van der Waals surface area contributed by atoms with Crippen LogP contribution in [0.25, 0.3) is 0 Å². The summed E-state index contributed by atoms with van der Waals surface area (Å²) in [6.07, 6.45) is 4.13. The summed E-state index contributed by atoms with van der Waals surface area (Å²) in [5.41, 5.74) is 2.14. The van der Waals surface area contributed by atoms with Crippen molar-refractivity contribution in [2.75, 3.05) is 17.7 Å². The van der Waals surface area contributed by atoms with Crippen molar-refractivity contribution in [2.24, 2.45) is 0 Å². The van der Waals surface area contributed by atoms with Crippen LogP contribution in [-0.4, -0.2) is 33.3 Å². The molecule has 0 fully saturated rings. The summed E-state index contributed by atoms with van der Waals surface area (Å²) in [7, 11) is 1.84. The van der Waals surface area contributed by atoms with Crippen LogP contribution in [0, 0.1) is 6.92 Å². The first kappa shape index (κ1) is 19.4. The second-order valence-electron chi connectivity index (χ2n) is 6.11. The van der Waals surface area contributed by atoms with E-state index in [0.29, 0.717) is 11.6 Å². The van der Waals surface area contributed by atoms with Crippen molar-refractivity contribution in [3.8, 4) is 0 Å². The monoisotopic (exact) mass is 402 g/mol. The van der Waals surface area contributed by atoms with Gasteiger partial charge in [0.15, 0.2) is 0 Å². The van der Waals surface area contributed by atoms with Gasteiger partial charge in [-0.1, -0.05) is 46.9 Å². The first-order valence-corrected chi connectivity index (χ1v) is 10.4. The topological polar surface area (TPSA) is 92.7 Å². The SMILES string of the molecule is CNc1nnc(CCCCc2nnc(NC(=O)Cc3ccccc3C)s2)s1. The van der Waals surface area contributed by atoms with E-state index in [0.717, 1.165) is 52.0 Å². The molecule has 3 rings (SSSR count). The first-order valence-electron chi connectivity index (χ1n) is 8.81. The average Bonchev–Trinajstić information content (AvgIpc) is 3.30. The maximum absolute atomic E-state index is 12.2. The molecular weight excluding hydrogens is 380 g/mol. The molecule has 0 aliphatic heterocycles. The molecular formula is C18H22N6OS2. The van der Waals surface area contributed by atoms with Gasteiger partial charge in [-0.25, -0.2) is 0 Å². The van der Waals surface area contributed by atoms with Crippen molar-refractivity contribution >= 4 is 38.8 Å². The Morgan fingerprint density at radius 2 is 1.59 bits per heavy atom. The number of carbonyl (C=O) groups excluding carboxylic acids is 1. The van der Waals surface area contributed by atoms with Crippen LogP contribution in [0.4, 0.5) is 10.3 Å². The van der Waals surface area contributed by atoms with Crippen LogP contribution in [0.5, 0.6) is 0 Å². The van der Waals surface area contributed by atoms with E-state index in [-0.39, 0.29) is 5.91 Å². The van der Waals surface area contributed by atoms with Crippen LogP contribution in [0.15, 0.2) is 24.3 Å². The van der Waals surface area contributed by atoms with Gasteiger partial charge in [-0.05, 0) is 30.9 Å². The number of nitrogens with one attached hydrogen (secondary N) is 2. The van der Waals surface area contributed by atoms with Crippen LogP contribution >= 0.6 is 22.7 Å². The van der Waals surface area contributed by atoms with Gasteiger partial charge >= 0.3 is 0 Å². The largest absolute Gasteiger partial charge is 0.363 e. The predicted molar refractivity (Wildman–Crippen MR) is 110 cm³/mol. The maximum Gasteiger partial charge on any atom is 0.230 e. The van der Waals surface area contributed by atoms with E-state index in [2.05, 4.69) is 31.0 Å². The lowest BCUT2D eigenvalue weighted by Crippen LogP contribution is -2.14. The van der Waals surface area contributed by atoms with Crippen LogP contribution in [0.2, 0.25) is 0 Å². The fourth-order valence-corrected chi connectivity index (χ4v) is 4.09. The van der Waals surface area contributed by atoms with Gasteiger partial charge in [0.2, 0.25) is 16.2 Å². The van der Waals surface area contributed by atoms with Gasteiger partial charge in [0.1, 0.15) is 10.0 Å². The Balaban J connectivity index is 1.41. The van der Waals surface area contributed by atoms with E-state index in [9.17, 15) is 4.79 Å². The van der Waals surface area contributed by atoms with E-state index in [1.807, 2.05) is 38.2 Å². The zero-order valence-corrected chi connectivity index (χ0v) is 17.0. The predicted octanol–water partition coefficient (Wildman–Crippen LogP) is 3.49. The molecule has 0 unspecified atom stereocenters. The van der Waals surface area contributed by atoms with Gasteiger partial charge < -0.3 is 10.6 Å². The Morgan fingerprint density at radius 3 is 2.22 bits per heavy atom. The normalized spacial score (nSPS) is 10.7. The van der Waals surface area contributed by atoms with E-state index in [4.69, 9.17) is 0 Å². The molecule has 1 amide bonds. The highest BCUT2D eigenvalue weighted by molar-refractivity contribution is 7.15. The van der Waals surface area contributed by atoms with Gasteiger partial charge in [0.05, 0.1) is 6.42 Å². The Hall–Kier alpha value is -2.39.